The molecule has 1 N–H and O–H groups in total. The molecule has 7 heteroatoms. The minimum atomic E-state index is -0.0191. The zero-order valence-corrected chi connectivity index (χ0v) is 14.1. The van der Waals surface area contributed by atoms with Crippen molar-refractivity contribution in [2.24, 2.45) is 5.41 Å². The number of hydrogen-bond donors (Lipinski definition) is 1. The maximum Gasteiger partial charge on any atom is 0.323 e. The third-order valence-electron chi connectivity index (χ3n) is 4.31. The van der Waals surface area contributed by atoms with E-state index in [-0.39, 0.29) is 6.03 Å². The third kappa shape index (κ3) is 3.51. The van der Waals surface area contributed by atoms with Crippen molar-refractivity contribution in [3.05, 3.63) is 0 Å². The fourth-order valence-corrected chi connectivity index (χ4v) is 4.60. The SMILES string of the molecule is CCCSc1nsc(NC(=O)N2CC3(CCCCC3)C2)n1. The fourth-order valence-electron chi connectivity index (χ4n) is 3.21. The Bertz CT molecular complexity index is 491. The van der Waals surface area contributed by atoms with E-state index >= 15 is 0 Å². The molecule has 5 nitrogen and oxygen atoms in total. The van der Waals surface area contributed by atoms with Crippen molar-refractivity contribution in [2.45, 2.75) is 50.6 Å². The summed E-state index contributed by atoms with van der Waals surface area (Å²) >= 11 is 2.90. The summed E-state index contributed by atoms with van der Waals surface area (Å²) in [6.07, 6.45) is 7.67. The van der Waals surface area contributed by atoms with Crippen molar-refractivity contribution in [1.82, 2.24) is 14.3 Å². The summed E-state index contributed by atoms with van der Waals surface area (Å²) in [5.41, 5.74) is 0.429. The number of nitrogens with zero attached hydrogens (tertiary/aromatic N) is 3. The zero-order valence-electron chi connectivity index (χ0n) is 12.4. The predicted octanol–water partition coefficient (Wildman–Crippen LogP) is 3.84. The van der Waals surface area contributed by atoms with Crippen molar-refractivity contribution in [3.8, 4) is 0 Å². The van der Waals surface area contributed by atoms with Crippen molar-refractivity contribution in [2.75, 3.05) is 24.2 Å². The summed E-state index contributed by atoms with van der Waals surface area (Å²) in [5, 5.41) is 4.26. The van der Waals surface area contributed by atoms with Crippen LogP contribution in [0.15, 0.2) is 5.16 Å². The quantitative estimate of drug-likeness (QED) is 0.854. The van der Waals surface area contributed by atoms with Crippen LogP contribution in [0.5, 0.6) is 0 Å². The number of nitrogens with one attached hydrogen (secondary N) is 1. The molecule has 0 unspecified atom stereocenters. The van der Waals surface area contributed by atoms with Gasteiger partial charge in [0, 0.05) is 35.8 Å². The first kappa shape index (κ1) is 15.1. The van der Waals surface area contributed by atoms with Crippen LogP contribution in [0.2, 0.25) is 0 Å². The van der Waals surface area contributed by atoms with Crippen LogP contribution >= 0.6 is 23.3 Å². The summed E-state index contributed by atoms with van der Waals surface area (Å²) < 4.78 is 4.25. The molecule has 2 heterocycles. The second-order valence-electron chi connectivity index (χ2n) is 6.08. The molecule has 1 aromatic rings. The number of rotatable bonds is 4. The molecule has 1 aromatic heterocycles. The highest BCUT2D eigenvalue weighted by Crippen LogP contribution is 2.43. The van der Waals surface area contributed by atoms with E-state index in [1.54, 1.807) is 11.8 Å². The topological polar surface area (TPSA) is 58.1 Å². The fraction of sp³-hybridized carbons (Fsp3) is 0.786. The van der Waals surface area contributed by atoms with Crippen molar-refractivity contribution in [1.29, 1.82) is 0 Å². The lowest BCUT2D eigenvalue weighted by molar-refractivity contribution is 0.00515. The smallest absolute Gasteiger partial charge is 0.323 e. The van der Waals surface area contributed by atoms with Crippen molar-refractivity contribution < 1.29 is 4.79 Å². The molecule has 1 saturated heterocycles. The van der Waals surface area contributed by atoms with Crippen LogP contribution in [0, 0.1) is 5.41 Å². The molecule has 0 atom stereocenters. The van der Waals surface area contributed by atoms with Crippen LogP contribution in [-0.2, 0) is 0 Å². The first-order chi connectivity index (χ1) is 10.2. The summed E-state index contributed by atoms with van der Waals surface area (Å²) in [5.74, 6) is 1.01. The molecule has 21 heavy (non-hydrogen) atoms. The van der Waals surface area contributed by atoms with E-state index in [0.717, 1.165) is 30.4 Å². The number of amides is 2. The number of urea groups is 1. The van der Waals surface area contributed by atoms with Gasteiger partial charge in [-0.25, -0.2) is 4.79 Å². The van der Waals surface area contributed by atoms with Gasteiger partial charge in [-0.2, -0.15) is 9.36 Å². The highest BCUT2D eigenvalue weighted by Gasteiger charge is 2.45. The van der Waals surface area contributed by atoms with Crippen molar-refractivity contribution in [3.63, 3.8) is 0 Å². The number of aromatic nitrogens is 2. The van der Waals surface area contributed by atoms with E-state index in [9.17, 15) is 4.79 Å². The summed E-state index contributed by atoms with van der Waals surface area (Å²) in [4.78, 5) is 18.4. The minimum absolute atomic E-state index is 0.0191. The molecule has 2 aliphatic rings. The number of carbonyl (C=O) groups is 1. The van der Waals surface area contributed by atoms with Gasteiger partial charge in [-0.1, -0.05) is 37.9 Å². The van der Waals surface area contributed by atoms with Gasteiger partial charge < -0.3 is 4.90 Å². The van der Waals surface area contributed by atoms with Crippen LogP contribution in [-0.4, -0.2) is 39.1 Å². The van der Waals surface area contributed by atoms with E-state index in [2.05, 4.69) is 21.6 Å². The lowest BCUT2D eigenvalue weighted by Crippen LogP contribution is -2.60. The molecule has 1 saturated carbocycles. The van der Waals surface area contributed by atoms with Gasteiger partial charge in [-0.05, 0) is 19.3 Å². The molecule has 116 valence electrons. The van der Waals surface area contributed by atoms with E-state index in [4.69, 9.17) is 0 Å². The normalized spacial score (nSPS) is 20.3. The zero-order chi connectivity index (χ0) is 14.7. The lowest BCUT2D eigenvalue weighted by Gasteiger charge is -2.52. The number of hydrogen-bond acceptors (Lipinski definition) is 5. The van der Waals surface area contributed by atoms with Gasteiger partial charge in [-0.3, -0.25) is 5.32 Å². The van der Waals surface area contributed by atoms with Gasteiger partial charge >= 0.3 is 6.03 Å². The largest absolute Gasteiger partial charge is 0.323 e. The Hall–Kier alpha value is -0.820. The van der Waals surface area contributed by atoms with Crippen LogP contribution in [0.3, 0.4) is 0 Å². The molecule has 0 radical (unpaired) electrons. The van der Waals surface area contributed by atoms with Gasteiger partial charge in [0.25, 0.3) is 0 Å². The highest BCUT2D eigenvalue weighted by molar-refractivity contribution is 7.99. The van der Waals surface area contributed by atoms with Gasteiger partial charge in [0.05, 0.1) is 0 Å². The monoisotopic (exact) mass is 326 g/mol. The van der Waals surface area contributed by atoms with Crippen LogP contribution in [0.1, 0.15) is 45.4 Å². The summed E-state index contributed by atoms with van der Waals surface area (Å²) in [6, 6.07) is -0.0191. The Morgan fingerprint density at radius 2 is 2.14 bits per heavy atom. The Kier molecular flexibility index (Phi) is 4.69. The average Bonchev–Trinajstić information content (AvgIpc) is 2.90. The van der Waals surface area contributed by atoms with Gasteiger partial charge in [0.2, 0.25) is 10.3 Å². The molecule has 0 aromatic carbocycles. The second kappa shape index (κ2) is 6.52. The van der Waals surface area contributed by atoms with Gasteiger partial charge in [0.1, 0.15) is 0 Å². The van der Waals surface area contributed by atoms with E-state index in [1.165, 1.54) is 43.6 Å². The molecular formula is C14H22N4OS2. The Balaban J connectivity index is 1.47. The minimum Gasteiger partial charge on any atom is -0.323 e. The van der Waals surface area contributed by atoms with Crippen LogP contribution < -0.4 is 5.32 Å². The lowest BCUT2D eigenvalue weighted by atomic mass is 9.69. The molecule has 0 bridgehead atoms. The summed E-state index contributed by atoms with van der Waals surface area (Å²) in [6.45, 7) is 3.96. The van der Waals surface area contributed by atoms with E-state index < -0.39 is 0 Å². The van der Waals surface area contributed by atoms with Gasteiger partial charge in [0.15, 0.2) is 0 Å². The number of anilines is 1. The predicted molar refractivity (Wildman–Crippen MR) is 87.0 cm³/mol. The Morgan fingerprint density at radius 1 is 1.38 bits per heavy atom. The molecule has 1 aliphatic carbocycles. The van der Waals surface area contributed by atoms with E-state index in [1.807, 2.05) is 4.90 Å². The molecule has 1 spiro atoms. The van der Waals surface area contributed by atoms with E-state index in [0.29, 0.717) is 10.5 Å². The van der Waals surface area contributed by atoms with Crippen LogP contribution in [0.25, 0.3) is 0 Å². The van der Waals surface area contributed by atoms with Crippen molar-refractivity contribution >= 4 is 34.5 Å². The first-order valence-corrected chi connectivity index (χ1v) is 9.49. The first-order valence-electron chi connectivity index (χ1n) is 7.73. The highest BCUT2D eigenvalue weighted by atomic mass is 32.2. The average molecular weight is 326 g/mol. The number of thioether (sulfide) groups is 1. The Labute approximate surface area is 134 Å². The Morgan fingerprint density at radius 3 is 2.86 bits per heavy atom. The molecule has 2 amide bonds. The molecule has 3 rings (SSSR count). The number of carbonyl (C=O) groups excluding carboxylic acids is 1. The molecule has 1 aliphatic heterocycles. The third-order valence-corrected chi connectivity index (χ3v) is 6.11. The number of likely N-dealkylation sites (tertiary alicyclic amines) is 1. The molecule has 2 fully saturated rings. The molecular weight excluding hydrogens is 304 g/mol. The van der Waals surface area contributed by atoms with Crippen LogP contribution in [0.4, 0.5) is 9.93 Å². The maximum absolute atomic E-state index is 12.2. The summed E-state index contributed by atoms with van der Waals surface area (Å²) in [7, 11) is 0. The standard InChI is InChI=1S/C14H22N4OS2/c1-2-8-20-12-15-11(21-17-12)16-13(19)18-9-14(10-18)6-4-3-5-7-14/h2-10H2,1H3,(H,15,16,17,19). The maximum atomic E-state index is 12.2. The van der Waals surface area contributed by atoms with Gasteiger partial charge in [-0.15, -0.1) is 0 Å². The second-order valence-corrected chi connectivity index (χ2v) is 7.89.